The van der Waals surface area contributed by atoms with Crippen molar-refractivity contribution >= 4 is 33.0 Å². The van der Waals surface area contributed by atoms with Crippen LogP contribution in [0.1, 0.15) is 0 Å². The fourth-order valence-corrected chi connectivity index (χ4v) is 2.12. The molecular weight excluding hydrogens is 180 g/mol. The van der Waals surface area contributed by atoms with E-state index in [1.165, 1.54) is 11.3 Å². The van der Waals surface area contributed by atoms with E-state index in [9.17, 15) is 0 Å². The van der Waals surface area contributed by atoms with E-state index in [4.69, 9.17) is 16.7 Å². The van der Waals surface area contributed by atoms with E-state index < -0.39 is 0 Å². The molecule has 0 bridgehead atoms. The molecule has 0 saturated heterocycles. The van der Waals surface area contributed by atoms with Gasteiger partial charge in [0, 0.05) is 21.2 Å². The SMILES string of the molecule is Oc1cc2c(Cl)cccc2s1. The normalized spacial score (nSPS) is 10.6. The van der Waals surface area contributed by atoms with Gasteiger partial charge in [-0.3, -0.25) is 0 Å². The van der Waals surface area contributed by atoms with Crippen molar-refractivity contribution < 1.29 is 5.11 Å². The first kappa shape index (κ1) is 6.95. The van der Waals surface area contributed by atoms with Crippen LogP contribution < -0.4 is 0 Å². The zero-order chi connectivity index (χ0) is 7.84. The van der Waals surface area contributed by atoms with Gasteiger partial charge in [-0.1, -0.05) is 29.0 Å². The largest absolute Gasteiger partial charge is 0.499 e. The molecule has 1 nitrogen and oxygen atoms in total. The third-order valence-electron chi connectivity index (χ3n) is 1.50. The molecule has 11 heavy (non-hydrogen) atoms. The highest BCUT2D eigenvalue weighted by atomic mass is 35.5. The van der Waals surface area contributed by atoms with E-state index in [0.29, 0.717) is 10.1 Å². The number of thiophene rings is 1. The van der Waals surface area contributed by atoms with Gasteiger partial charge in [0.15, 0.2) is 5.06 Å². The summed E-state index contributed by atoms with van der Waals surface area (Å²) in [7, 11) is 0. The minimum absolute atomic E-state index is 0.313. The van der Waals surface area contributed by atoms with E-state index in [0.717, 1.165) is 10.1 Å². The lowest BCUT2D eigenvalue weighted by Crippen LogP contribution is -1.62. The lowest BCUT2D eigenvalue weighted by molar-refractivity contribution is 0.491. The van der Waals surface area contributed by atoms with Crippen molar-refractivity contribution in [3.05, 3.63) is 29.3 Å². The van der Waals surface area contributed by atoms with Crippen LogP contribution in [0.2, 0.25) is 5.02 Å². The van der Waals surface area contributed by atoms with Crippen molar-refractivity contribution in [3.63, 3.8) is 0 Å². The van der Waals surface area contributed by atoms with Crippen LogP contribution >= 0.6 is 22.9 Å². The van der Waals surface area contributed by atoms with Gasteiger partial charge in [-0.05, 0) is 12.1 Å². The number of aromatic hydroxyl groups is 1. The van der Waals surface area contributed by atoms with Crippen LogP contribution in [0.4, 0.5) is 0 Å². The molecule has 0 radical (unpaired) electrons. The molecule has 1 aromatic heterocycles. The van der Waals surface area contributed by atoms with Gasteiger partial charge in [-0.25, -0.2) is 0 Å². The maximum atomic E-state index is 9.14. The van der Waals surface area contributed by atoms with E-state index in [2.05, 4.69) is 0 Å². The Bertz CT molecular complexity index is 394. The molecule has 2 rings (SSSR count). The zero-order valence-electron chi connectivity index (χ0n) is 5.54. The van der Waals surface area contributed by atoms with Gasteiger partial charge >= 0.3 is 0 Å². The highest BCUT2D eigenvalue weighted by Gasteiger charge is 2.01. The summed E-state index contributed by atoms with van der Waals surface area (Å²) in [4.78, 5) is 0. The fourth-order valence-electron chi connectivity index (χ4n) is 1.01. The van der Waals surface area contributed by atoms with Gasteiger partial charge in [0.25, 0.3) is 0 Å². The van der Waals surface area contributed by atoms with Crippen molar-refractivity contribution in [1.29, 1.82) is 0 Å². The molecule has 56 valence electrons. The summed E-state index contributed by atoms with van der Waals surface area (Å²) in [6.45, 7) is 0. The van der Waals surface area contributed by atoms with Gasteiger partial charge in [-0.2, -0.15) is 0 Å². The van der Waals surface area contributed by atoms with Gasteiger partial charge in [0.2, 0.25) is 0 Å². The van der Waals surface area contributed by atoms with Gasteiger partial charge in [-0.15, -0.1) is 0 Å². The monoisotopic (exact) mass is 184 g/mol. The standard InChI is InChI=1S/C8H5ClOS/c9-6-2-1-3-7-5(6)4-8(10)11-7/h1-4,10H. The summed E-state index contributed by atoms with van der Waals surface area (Å²) in [5.74, 6) is 0. The van der Waals surface area contributed by atoms with Crippen LogP contribution in [0.15, 0.2) is 24.3 Å². The van der Waals surface area contributed by atoms with Gasteiger partial charge < -0.3 is 5.11 Å². The highest BCUT2D eigenvalue weighted by molar-refractivity contribution is 7.20. The molecule has 0 atom stereocenters. The molecule has 0 aliphatic carbocycles. The molecule has 0 fully saturated rings. The second-order valence-corrected chi connectivity index (χ2v) is 3.71. The molecule has 0 unspecified atom stereocenters. The Kier molecular flexibility index (Phi) is 1.51. The predicted octanol–water partition coefficient (Wildman–Crippen LogP) is 3.26. The van der Waals surface area contributed by atoms with Crippen molar-refractivity contribution in [2.24, 2.45) is 0 Å². The fraction of sp³-hybridized carbons (Fsp3) is 0. The Morgan fingerprint density at radius 2 is 2.18 bits per heavy atom. The topological polar surface area (TPSA) is 20.2 Å². The van der Waals surface area contributed by atoms with Crippen molar-refractivity contribution in [1.82, 2.24) is 0 Å². The minimum atomic E-state index is 0.313. The maximum absolute atomic E-state index is 9.14. The first-order chi connectivity index (χ1) is 5.27. The van der Waals surface area contributed by atoms with Crippen LogP contribution in [-0.4, -0.2) is 5.11 Å². The van der Waals surface area contributed by atoms with E-state index >= 15 is 0 Å². The molecule has 3 heteroatoms. The summed E-state index contributed by atoms with van der Waals surface area (Å²) < 4.78 is 1.02. The van der Waals surface area contributed by atoms with Crippen LogP contribution in [-0.2, 0) is 0 Å². The summed E-state index contributed by atoms with van der Waals surface area (Å²) in [6.07, 6.45) is 0. The quantitative estimate of drug-likeness (QED) is 0.667. The molecule has 1 aromatic carbocycles. The number of rotatable bonds is 0. The number of benzene rings is 1. The van der Waals surface area contributed by atoms with Crippen molar-refractivity contribution in [2.75, 3.05) is 0 Å². The average molecular weight is 185 g/mol. The van der Waals surface area contributed by atoms with Crippen molar-refractivity contribution in [2.45, 2.75) is 0 Å². The van der Waals surface area contributed by atoms with Gasteiger partial charge in [0.1, 0.15) is 0 Å². The highest BCUT2D eigenvalue weighted by Crippen LogP contribution is 2.34. The lowest BCUT2D eigenvalue weighted by Gasteiger charge is -1.89. The molecule has 2 aromatic rings. The Labute approximate surface area is 72.9 Å². The van der Waals surface area contributed by atoms with E-state index in [-0.39, 0.29) is 0 Å². The first-order valence-electron chi connectivity index (χ1n) is 3.14. The average Bonchev–Trinajstić information content (AvgIpc) is 2.31. The van der Waals surface area contributed by atoms with E-state index in [1.807, 2.05) is 18.2 Å². The van der Waals surface area contributed by atoms with Crippen LogP contribution in [0.25, 0.3) is 10.1 Å². The Morgan fingerprint density at radius 3 is 2.91 bits per heavy atom. The molecule has 0 spiro atoms. The summed E-state index contributed by atoms with van der Waals surface area (Å²) in [5, 5.41) is 11.1. The Hall–Kier alpha value is -0.730. The number of fused-ring (bicyclic) bond motifs is 1. The van der Waals surface area contributed by atoms with Crippen molar-refractivity contribution in [3.8, 4) is 5.06 Å². The lowest BCUT2D eigenvalue weighted by atomic mass is 10.3. The first-order valence-corrected chi connectivity index (χ1v) is 4.34. The summed E-state index contributed by atoms with van der Waals surface area (Å²) >= 11 is 7.20. The summed E-state index contributed by atoms with van der Waals surface area (Å²) in [5.41, 5.74) is 0. The second kappa shape index (κ2) is 2.40. The van der Waals surface area contributed by atoms with E-state index in [1.54, 1.807) is 6.07 Å². The minimum Gasteiger partial charge on any atom is -0.499 e. The molecule has 1 N–H and O–H groups in total. The Balaban J connectivity index is 2.90. The Morgan fingerprint density at radius 1 is 1.36 bits per heavy atom. The van der Waals surface area contributed by atoms with Gasteiger partial charge in [0.05, 0.1) is 0 Å². The maximum Gasteiger partial charge on any atom is 0.172 e. The molecule has 0 amide bonds. The van der Waals surface area contributed by atoms with Crippen LogP contribution in [0, 0.1) is 0 Å². The number of halogens is 1. The molecular formula is C8H5ClOS. The number of hydrogen-bond donors (Lipinski definition) is 1. The van der Waals surface area contributed by atoms with Crippen LogP contribution in [0.3, 0.4) is 0 Å². The second-order valence-electron chi connectivity index (χ2n) is 2.24. The molecule has 1 heterocycles. The smallest absolute Gasteiger partial charge is 0.172 e. The molecule has 0 aliphatic heterocycles. The third kappa shape index (κ3) is 1.08. The third-order valence-corrected chi connectivity index (χ3v) is 2.73. The predicted molar refractivity (Wildman–Crippen MR) is 48.5 cm³/mol. The number of hydrogen-bond acceptors (Lipinski definition) is 2. The van der Waals surface area contributed by atoms with Crippen LogP contribution in [0.5, 0.6) is 5.06 Å². The molecule has 0 saturated carbocycles. The molecule has 0 aliphatic rings. The zero-order valence-corrected chi connectivity index (χ0v) is 7.12. The summed E-state index contributed by atoms with van der Waals surface area (Å²) in [6, 6.07) is 7.31.